The van der Waals surface area contributed by atoms with E-state index in [0.717, 1.165) is 16.3 Å². The van der Waals surface area contributed by atoms with Gasteiger partial charge >= 0.3 is 0 Å². The van der Waals surface area contributed by atoms with Crippen molar-refractivity contribution in [3.63, 3.8) is 0 Å². The Morgan fingerprint density at radius 1 is 0.872 bits per heavy atom. The Morgan fingerprint density at radius 2 is 1.64 bits per heavy atom. The van der Waals surface area contributed by atoms with Crippen LogP contribution in [-0.4, -0.2) is 48.4 Å². The molecule has 0 aliphatic heterocycles. The number of pyridine rings is 3. The largest absolute Gasteiger partial charge is 0.493 e. The molecule has 0 aliphatic carbocycles. The van der Waals surface area contributed by atoms with Crippen LogP contribution in [0.1, 0.15) is 0 Å². The van der Waals surface area contributed by atoms with Gasteiger partial charge in [0.25, 0.3) is 0 Å². The average Bonchev–Trinajstić information content (AvgIpc) is 2.95. The summed E-state index contributed by atoms with van der Waals surface area (Å²) in [7, 11) is 3.15. The molecule has 0 unspecified atom stereocenters. The quantitative estimate of drug-likeness (QED) is 0.243. The third kappa shape index (κ3) is 5.57. The van der Waals surface area contributed by atoms with Gasteiger partial charge in [0, 0.05) is 40.9 Å². The maximum atomic E-state index is 13.4. The maximum Gasteiger partial charge on any atom is 0.162 e. The van der Waals surface area contributed by atoms with Crippen LogP contribution in [0.3, 0.4) is 0 Å². The zero-order valence-electron chi connectivity index (χ0n) is 21.2. The SMILES string of the molecule is COc1cc2ncc3c(N)nc(-c4cncc(OC[C@@H](N)COc5cc(F)ccc5Cl)c4)cc3c2cc1OC. The van der Waals surface area contributed by atoms with Gasteiger partial charge in [0.1, 0.15) is 36.3 Å². The second-order valence-electron chi connectivity index (χ2n) is 8.70. The summed E-state index contributed by atoms with van der Waals surface area (Å²) < 4.78 is 35.7. The number of hydrogen-bond donors (Lipinski definition) is 2. The summed E-state index contributed by atoms with van der Waals surface area (Å²) in [6.45, 7) is 0.206. The van der Waals surface area contributed by atoms with Crippen LogP contribution in [0.15, 0.2) is 61.1 Å². The molecule has 200 valence electrons. The predicted molar refractivity (Wildman–Crippen MR) is 148 cm³/mol. The first-order chi connectivity index (χ1) is 18.9. The third-order valence-corrected chi connectivity index (χ3v) is 6.34. The predicted octanol–water partition coefficient (Wildman–Crippen LogP) is 5.02. The smallest absolute Gasteiger partial charge is 0.162 e. The molecule has 0 bridgehead atoms. The molecular formula is C28H25ClFN5O4. The molecule has 3 aromatic heterocycles. The van der Waals surface area contributed by atoms with E-state index in [9.17, 15) is 4.39 Å². The highest BCUT2D eigenvalue weighted by Crippen LogP contribution is 2.37. The van der Waals surface area contributed by atoms with Gasteiger partial charge in [-0.1, -0.05) is 11.6 Å². The van der Waals surface area contributed by atoms with Gasteiger partial charge in [0.2, 0.25) is 0 Å². The topological polar surface area (TPSA) is 128 Å². The first kappa shape index (κ1) is 26.2. The number of aromatic nitrogens is 3. The van der Waals surface area contributed by atoms with Gasteiger partial charge in [0.15, 0.2) is 11.5 Å². The lowest BCUT2D eigenvalue weighted by Gasteiger charge is -2.15. The number of hydrogen-bond acceptors (Lipinski definition) is 9. The van der Waals surface area contributed by atoms with Crippen LogP contribution in [-0.2, 0) is 0 Å². The number of anilines is 1. The van der Waals surface area contributed by atoms with E-state index in [0.29, 0.717) is 44.7 Å². The maximum absolute atomic E-state index is 13.4. The molecule has 0 saturated heterocycles. The highest BCUT2D eigenvalue weighted by atomic mass is 35.5. The van der Waals surface area contributed by atoms with Gasteiger partial charge in [-0.2, -0.15) is 0 Å². The molecule has 0 radical (unpaired) electrons. The van der Waals surface area contributed by atoms with Gasteiger partial charge in [-0.25, -0.2) is 9.37 Å². The molecule has 0 spiro atoms. The van der Waals surface area contributed by atoms with E-state index in [1.54, 1.807) is 38.9 Å². The molecule has 0 aliphatic rings. The molecule has 5 rings (SSSR count). The molecule has 3 heterocycles. The summed E-state index contributed by atoms with van der Waals surface area (Å²) in [5.41, 5.74) is 14.5. The monoisotopic (exact) mass is 549 g/mol. The Kier molecular flexibility index (Phi) is 7.49. The van der Waals surface area contributed by atoms with Crippen LogP contribution < -0.4 is 30.4 Å². The second-order valence-corrected chi connectivity index (χ2v) is 9.11. The molecule has 2 aromatic carbocycles. The van der Waals surface area contributed by atoms with Gasteiger partial charge in [-0.3, -0.25) is 9.97 Å². The van der Waals surface area contributed by atoms with Gasteiger partial charge in [0.05, 0.1) is 42.7 Å². The molecule has 11 heteroatoms. The highest BCUT2D eigenvalue weighted by Gasteiger charge is 2.14. The van der Waals surface area contributed by atoms with Crippen molar-refractivity contribution >= 4 is 39.1 Å². The van der Waals surface area contributed by atoms with Crippen molar-refractivity contribution in [2.75, 3.05) is 33.2 Å². The summed E-state index contributed by atoms with van der Waals surface area (Å²) in [4.78, 5) is 13.4. The third-order valence-electron chi connectivity index (χ3n) is 6.03. The Hall–Kier alpha value is -4.41. The number of ether oxygens (including phenoxy) is 4. The van der Waals surface area contributed by atoms with E-state index in [-0.39, 0.29) is 19.0 Å². The van der Waals surface area contributed by atoms with Crippen LogP contribution >= 0.6 is 11.6 Å². The van der Waals surface area contributed by atoms with E-state index in [1.165, 1.54) is 18.2 Å². The minimum atomic E-state index is -0.506. The Bertz CT molecular complexity index is 1670. The minimum Gasteiger partial charge on any atom is -0.493 e. The summed E-state index contributed by atoms with van der Waals surface area (Å²) in [6, 6.07) is 10.8. The van der Waals surface area contributed by atoms with Crippen molar-refractivity contribution in [2.24, 2.45) is 5.73 Å². The Morgan fingerprint density at radius 3 is 2.44 bits per heavy atom. The van der Waals surface area contributed by atoms with Crippen molar-refractivity contribution in [1.82, 2.24) is 15.0 Å². The van der Waals surface area contributed by atoms with Crippen LogP contribution in [0.25, 0.3) is 32.9 Å². The van der Waals surface area contributed by atoms with E-state index >= 15 is 0 Å². The number of methoxy groups -OCH3 is 2. The number of benzene rings is 2. The fraction of sp³-hybridized carbons (Fsp3) is 0.179. The summed E-state index contributed by atoms with van der Waals surface area (Å²) >= 11 is 6.03. The van der Waals surface area contributed by atoms with E-state index in [4.69, 9.17) is 42.0 Å². The van der Waals surface area contributed by atoms with Crippen LogP contribution in [0.5, 0.6) is 23.0 Å². The number of fused-ring (bicyclic) bond motifs is 3. The molecule has 0 saturated carbocycles. The zero-order valence-corrected chi connectivity index (χ0v) is 21.9. The lowest BCUT2D eigenvalue weighted by atomic mass is 10.0. The van der Waals surface area contributed by atoms with Crippen molar-refractivity contribution in [3.8, 4) is 34.3 Å². The van der Waals surface area contributed by atoms with Crippen molar-refractivity contribution in [1.29, 1.82) is 0 Å². The lowest BCUT2D eigenvalue weighted by molar-refractivity contribution is 0.219. The summed E-state index contributed by atoms with van der Waals surface area (Å²) in [6.07, 6.45) is 4.93. The summed E-state index contributed by atoms with van der Waals surface area (Å²) in [5.74, 6) is 1.73. The standard InChI is InChI=1S/C28H25ClFN5O4/c1-36-26-8-20-19-7-23(35-28(32)21(19)12-34-24(20)9-27(26)37-2)15-5-18(11-33-10-15)38-13-17(31)14-39-25-6-16(30)3-4-22(25)29/h3-12,17H,13-14,31H2,1-2H3,(H2,32,35)/t17-/m1/s1. The molecule has 9 nitrogen and oxygen atoms in total. The summed E-state index contributed by atoms with van der Waals surface area (Å²) in [5, 5.41) is 2.70. The Balaban J connectivity index is 1.37. The van der Waals surface area contributed by atoms with Crippen molar-refractivity contribution < 1.29 is 23.3 Å². The van der Waals surface area contributed by atoms with E-state index in [2.05, 4.69) is 15.0 Å². The average molecular weight is 550 g/mol. The molecule has 0 amide bonds. The molecule has 5 aromatic rings. The normalized spacial score (nSPS) is 11.9. The molecule has 39 heavy (non-hydrogen) atoms. The number of nitrogens with zero attached hydrogens (tertiary/aromatic N) is 3. The van der Waals surface area contributed by atoms with Gasteiger partial charge < -0.3 is 30.4 Å². The number of halogens is 2. The molecular weight excluding hydrogens is 525 g/mol. The minimum absolute atomic E-state index is 0.0778. The fourth-order valence-corrected chi connectivity index (χ4v) is 4.25. The lowest BCUT2D eigenvalue weighted by Crippen LogP contribution is -2.34. The number of rotatable bonds is 9. The van der Waals surface area contributed by atoms with Crippen LogP contribution in [0.4, 0.5) is 10.2 Å². The van der Waals surface area contributed by atoms with E-state index in [1.807, 2.05) is 18.2 Å². The molecule has 4 N–H and O–H groups in total. The van der Waals surface area contributed by atoms with Gasteiger partial charge in [-0.05, 0) is 35.7 Å². The molecule has 0 fully saturated rings. The molecule has 1 atom stereocenters. The number of nitrogens with two attached hydrogens (primary N) is 2. The highest BCUT2D eigenvalue weighted by molar-refractivity contribution is 6.32. The Labute approximate surface area is 228 Å². The zero-order chi connectivity index (χ0) is 27.5. The van der Waals surface area contributed by atoms with E-state index < -0.39 is 11.9 Å². The van der Waals surface area contributed by atoms with Crippen molar-refractivity contribution in [2.45, 2.75) is 6.04 Å². The van der Waals surface area contributed by atoms with Crippen LogP contribution in [0, 0.1) is 5.82 Å². The first-order valence-electron chi connectivity index (χ1n) is 11.9. The number of nitrogen functional groups attached to an aromatic ring is 1. The first-order valence-corrected chi connectivity index (χ1v) is 12.3. The fourth-order valence-electron chi connectivity index (χ4n) is 4.08. The second kappa shape index (κ2) is 11.1. The van der Waals surface area contributed by atoms with Crippen molar-refractivity contribution in [3.05, 3.63) is 71.9 Å². The van der Waals surface area contributed by atoms with Gasteiger partial charge in [-0.15, -0.1) is 0 Å². The van der Waals surface area contributed by atoms with Crippen LogP contribution in [0.2, 0.25) is 5.02 Å².